The number of carboxylic acid groups (broad SMARTS) is 1. The van der Waals surface area contributed by atoms with E-state index in [0.717, 1.165) is 11.8 Å². The van der Waals surface area contributed by atoms with Gasteiger partial charge in [0.15, 0.2) is 5.17 Å². The summed E-state index contributed by atoms with van der Waals surface area (Å²) >= 11 is 1.10. The molecule has 28 heavy (non-hydrogen) atoms. The van der Waals surface area contributed by atoms with E-state index >= 15 is 0 Å². The van der Waals surface area contributed by atoms with Crippen LogP contribution in [-0.2, 0) is 4.79 Å². The van der Waals surface area contributed by atoms with Gasteiger partial charge < -0.3 is 10.2 Å². The number of carboxylic acids is 1. The molecule has 0 bridgehead atoms. The van der Waals surface area contributed by atoms with Crippen LogP contribution in [0.1, 0.15) is 15.9 Å². The number of hydrogen-bond acceptors (Lipinski definition) is 5. The number of nitrogens with zero attached hydrogens (tertiary/aromatic N) is 2. The van der Waals surface area contributed by atoms with E-state index in [1.54, 1.807) is 24.3 Å². The molecule has 142 valence electrons. The molecule has 1 amide bonds. The predicted molar refractivity (Wildman–Crippen MR) is 106 cm³/mol. The van der Waals surface area contributed by atoms with Crippen LogP contribution in [0.15, 0.2) is 65.0 Å². The Morgan fingerprint density at radius 2 is 2.07 bits per heavy atom. The molecule has 0 unspecified atom stereocenters. The average Bonchev–Trinajstić information content (AvgIpc) is 2.91. The number of amidine groups is 1. The molecule has 0 aliphatic carbocycles. The largest absolute Gasteiger partial charge is 0.507 e. The van der Waals surface area contributed by atoms with Crippen LogP contribution in [-0.4, -0.2) is 38.7 Å². The molecule has 0 atom stereocenters. The summed E-state index contributed by atoms with van der Waals surface area (Å²) in [5.74, 6) is -2.39. The van der Waals surface area contributed by atoms with Crippen molar-refractivity contribution < 1.29 is 24.2 Å². The molecule has 1 fully saturated rings. The van der Waals surface area contributed by atoms with Gasteiger partial charge >= 0.3 is 5.97 Å². The van der Waals surface area contributed by atoms with Gasteiger partial charge in [-0.3, -0.25) is 9.69 Å². The van der Waals surface area contributed by atoms with Crippen molar-refractivity contribution in [2.45, 2.75) is 0 Å². The van der Waals surface area contributed by atoms with Crippen molar-refractivity contribution in [3.05, 3.63) is 77.0 Å². The van der Waals surface area contributed by atoms with Crippen LogP contribution in [0, 0.1) is 5.82 Å². The summed E-state index contributed by atoms with van der Waals surface area (Å²) < 4.78 is 13.4. The number of hydrogen-bond donors (Lipinski definition) is 2. The van der Waals surface area contributed by atoms with Crippen molar-refractivity contribution in [2.75, 3.05) is 6.54 Å². The number of halogens is 1. The predicted octanol–water partition coefficient (Wildman–Crippen LogP) is 4.02. The van der Waals surface area contributed by atoms with Crippen molar-refractivity contribution >= 4 is 40.6 Å². The lowest BCUT2D eigenvalue weighted by Gasteiger charge is -2.12. The van der Waals surface area contributed by atoms with Crippen LogP contribution in [0.2, 0.25) is 0 Å². The lowest BCUT2D eigenvalue weighted by Crippen LogP contribution is -2.29. The van der Waals surface area contributed by atoms with Gasteiger partial charge in [0, 0.05) is 12.6 Å². The maximum Gasteiger partial charge on any atom is 0.339 e. The second kappa shape index (κ2) is 8.10. The van der Waals surface area contributed by atoms with E-state index in [-0.39, 0.29) is 18.0 Å². The number of thioether (sulfide) groups is 1. The van der Waals surface area contributed by atoms with Crippen molar-refractivity contribution in [3.8, 4) is 5.75 Å². The highest BCUT2D eigenvalue weighted by Crippen LogP contribution is 2.35. The third-order valence-electron chi connectivity index (χ3n) is 3.78. The quantitative estimate of drug-likeness (QED) is 0.586. The third-order valence-corrected chi connectivity index (χ3v) is 4.79. The molecule has 1 aliphatic rings. The van der Waals surface area contributed by atoms with Crippen LogP contribution >= 0.6 is 11.8 Å². The normalized spacial score (nSPS) is 16.8. The number of carbonyl (C=O) groups excluding carboxylic acids is 1. The Morgan fingerprint density at radius 1 is 1.29 bits per heavy atom. The van der Waals surface area contributed by atoms with E-state index in [0.29, 0.717) is 21.3 Å². The SMILES string of the molecule is C=CCN1C(=O)/C(=C/c2cccc(F)c2)SC1=Nc1ccc(C(=O)O)c(O)c1. The molecule has 0 saturated carbocycles. The summed E-state index contributed by atoms with van der Waals surface area (Å²) in [4.78, 5) is 29.8. The first kappa shape index (κ1) is 19.4. The highest BCUT2D eigenvalue weighted by molar-refractivity contribution is 8.18. The number of rotatable bonds is 5. The van der Waals surface area contributed by atoms with Gasteiger partial charge in [-0.05, 0) is 47.7 Å². The molecule has 2 aromatic rings. The van der Waals surface area contributed by atoms with Gasteiger partial charge in [-0.2, -0.15) is 0 Å². The number of aliphatic imine (C=N–C) groups is 1. The highest BCUT2D eigenvalue weighted by Gasteiger charge is 2.32. The van der Waals surface area contributed by atoms with Crippen molar-refractivity contribution in [2.24, 2.45) is 4.99 Å². The van der Waals surface area contributed by atoms with E-state index in [9.17, 15) is 19.1 Å². The van der Waals surface area contributed by atoms with Crippen molar-refractivity contribution in [1.29, 1.82) is 0 Å². The van der Waals surface area contributed by atoms with E-state index in [1.807, 2.05) is 0 Å². The third kappa shape index (κ3) is 4.12. The second-order valence-corrected chi connectivity index (χ2v) is 6.78. The molecule has 2 N–H and O–H groups in total. The molecule has 1 saturated heterocycles. The zero-order valence-electron chi connectivity index (χ0n) is 14.5. The number of aromatic hydroxyl groups is 1. The van der Waals surface area contributed by atoms with E-state index in [1.165, 1.54) is 35.2 Å². The summed E-state index contributed by atoms with van der Waals surface area (Å²) in [5.41, 5.74) is 0.590. The highest BCUT2D eigenvalue weighted by atomic mass is 32.2. The maximum atomic E-state index is 13.4. The van der Waals surface area contributed by atoms with E-state index in [2.05, 4.69) is 11.6 Å². The smallest absolute Gasteiger partial charge is 0.339 e. The zero-order valence-corrected chi connectivity index (χ0v) is 15.3. The van der Waals surface area contributed by atoms with Gasteiger partial charge in [0.25, 0.3) is 5.91 Å². The Labute approximate surface area is 164 Å². The zero-order chi connectivity index (χ0) is 20.3. The summed E-state index contributed by atoms with van der Waals surface area (Å²) in [6.07, 6.45) is 3.11. The minimum atomic E-state index is -1.25. The Morgan fingerprint density at radius 3 is 2.71 bits per heavy atom. The standard InChI is InChI=1S/C20H15FN2O4S/c1-2-8-23-18(25)17(10-12-4-3-5-13(21)9-12)28-20(23)22-14-6-7-15(19(26)27)16(24)11-14/h2-7,9-11,24H,1,8H2,(H,26,27)/b17-10-,22-20?. The number of benzene rings is 2. The molecule has 0 radical (unpaired) electrons. The maximum absolute atomic E-state index is 13.4. The summed E-state index contributed by atoms with van der Waals surface area (Å²) in [6, 6.07) is 9.74. The fraction of sp³-hybridized carbons (Fsp3) is 0.0500. The van der Waals surface area contributed by atoms with Crippen LogP contribution in [0.4, 0.5) is 10.1 Å². The number of phenols is 1. The topological polar surface area (TPSA) is 90.2 Å². The molecule has 3 rings (SSSR count). The van der Waals surface area contributed by atoms with E-state index in [4.69, 9.17) is 5.11 Å². The molecule has 2 aromatic carbocycles. The molecule has 0 aromatic heterocycles. The molecule has 1 heterocycles. The van der Waals surface area contributed by atoms with Crippen molar-refractivity contribution in [3.63, 3.8) is 0 Å². The number of amides is 1. The first-order chi connectivity index (χ1) is 13.4. The number of carbonyl (C=O) groups is 2. The monoisotopic (exact) mass is 398 g/mol. The fourth-order valence-corrected chi connectivity index (χ4v) is 3.52. The first-order valence-electron chi connectivity index (χ1n) is 8.12. The Hall–Kier alpha value is -3.39. The number of aromatic carboxylic acids is 1. The van der Waals surface area contributed by atoms with Gasteiger partial charge in [0.2, 0.25) is 0 Å². The van der Waals surface area contributed by atoms with Crippen LogP contribution in [0.3, 0.4) is 0 Å². The second-order valence-electron chi connectivity index (χ2n) is 5.77. The summed E-state index contributed by atoms with van der Waals surface area (Å²) in [6.45, 7) is 3.85. The van der Waals surface area contributed by atoms with E-state index < -0.39 is 17.5 Å². The minimum absolute atomic E-state index is 0.213. The lowest BCUT2D eigenvalue weighted by atomic mass is 10.2. The van der Waals surface area contributed by atoms with Gasteiger partial charge in [-0.1, -0.05) is 18.2 Å². The Kier molecular flexibility index (Phi) is 5.60. The van der Waals surface area contributed by atoms with Crippen LogP contribution in [0.5, 0.6) is 5.75 Å². The molecule has 1 aliphatic heterocycles. The van der Waals surface area contributed by atoms with Crippen LogP contribution < -0.4 is 0 Å². The van der Waals surface area contributed by atoms with Gasteiger partial charge in [-0.15, -0.1) is 6.58 Å². The lowest BCUT2D eigenvalue weighted by molar-refractivity contribution is -0.121. The average molecular weight is 398 g/mol. The Balaban J connectivity index is 1.96. The van der Waals surface area contributed by atoms with Gasteiger partial charge in [0.1, 0.15) is 17.1 Å². The molecular formula is C20H15FN2O4S. The molecule has 0 spiro atoms. The summed E-state index contributed by atoms with van der Waals surface area (Å²) in [7, 11) is 0. The minimum Gasteiger partial charge on any atom is -0.507 e. The van der Waals surface area contributed by atoms with Crippen molar-refractivity contribution in [1.82, 2.24) is 4.90 Å². The summed E-state index contributed by atoms with van der Waals surface area (Å²) in [5, 5.41) is 19.2. The fourth-order valence-electron chi connectivity index (χ4n) is 2.51. The molecular weight excluding hydrogens is 383 g/mol. The van der Waals surface area contributed by atoms with Gasteiger partial charge in [0.05, 0.1) is 10.6 Å². The molecule has 6 nitrogen and oxygen atoms in total. The molecule has 8 heteroatoms. The van der Waals surface area contributed by atoms with Crippen LogP contribution in [0.25, 0.3) is 6.08 Å². The Bertz CT molecular complexity index is 1030. The first-order valence-corrected chi connectivity index (χ1v) is 8.93. The van der Waals surface area contributed by atoms with Gasteiger partial charge in [-0.25, -0.2) is 14.2 Å².